The molecule has 0 fully saturated rings. The monoisotopic (exact) mass is 294 g/mol. The van der Waals surface area contributed by atoms with Crippen LogP contribution in [0.5, 0.6) is 5.75 Å². The van der Waals surface area contributed by atoms with E-state index < -0.39 is 6.04 Å². The van der Waals surface area contributed by atoms with Gasteiger partial charge in [-0.05, 0) is 19.3 Å². The van der Waals surface area contributed by atoms with Crippen LogP contribution in [0, 0.1) is 19.3 Å². The number of hydrogen-bond donors (Lipinski definition) is 1. The maximum Gasteiger partial charge on any atom is 0.323 e. The maximum absolute atomic E-state index is 11.9. The molecule has 1 aromatic rings. The van der Waals surface area contributed by atoms with E-state index >= 15 is 0 Å². The lowest BCUT2D eigenvalue weighted by molar-refractivity contribution is -0.146. The quantitative estimate of drug-likeness (QED) is 0.845. The topological polar surface area (TPSA) is 60.5 Å². The SMILES string of the molecule is COC(=O)[C@@H](NCc1ncc(C)c(OC)c1C)C(C)(C)C. The predicted octanol–water partition coefficient (Wildman–Crippen LogP) is 2.38. The van der Waals surface area contributed by atoms with Crippen LogP contribution in [-0.4, -0.2) is 31.2 Å². The summed E-state index contributed by atoms with van der Waals surface area (Å²) in [6.07, 6.45) is 1.78. The molecule has 21 heavy (non-hydrogen) atoms. The van der Waals surface area contributed by atoms with Crippen LogP contribution in [0.2, 0.25) is 0 Å². The zero-order valence-corrected chi connectivity index (χ0v) is 14.0. The number of nitrogens with zero attached hydrogens (tertiary/aromatic N) is 1. The second-order valence-corrected chi connectivity index (χ2v) is 6.25. The fourth-order valence-corrected chi connectivity index (χ4v) is 2.31. The molecule has 5 nitrogen and oxygen atoms in total. The van der Waals surface area contributed by atoms with Crippen molar-refractivity contribution in [2.24, 2.45) is 5.41 Å². The minimum Gasteiger partial charge on any atom is -0.496 e. The Hall–Kier alpha value is -1.62. The van der Waals surface area contributed by atoms with Crippen molar-refractivity contribution in [3.63, 3.8) is 0 Å². The summed E-state index contributed by atoms with van der Waals surface area (Å²) in [5.41, 5.74) is 2.62. The van der Waals surface area contributed by atoms with Gasteiger partial charge >= 0.3 is 5.97 Å². The van der Waals surface area contributed by atoms with Crippen molar-refractivity contribution >= 4 is 5.97 Å². The van der Waals surface area contributed by atoms with Crippen molar-refractivity contribution in [3.05, 3.63) is 23.0 Å². The van der Waals surface area contributed by atoms with Gasteiger partial charge in [0.05, 0.1) is 19.9 Å². The van der Waals surface area contributed by atoms with Gasteiger partial charge in [-0.2, -0.15) is 0 Å². The average molecular weight is 294 g/mol. The molecule has 5 heteroatoms. The number of ether oxygens (including phenoxy) is 2. The fourth-order valence-electron chi connectivity index (χ4n) is 2.31. The van der Waals surface area contributed by atoms with Crippen LogP contribution in [0.1, 0.15) is 37.6 Å². The van der Waals surface area contributed by atoms with Gasteiger partial charge in [0, 0.05) is 23.9 Å². The zero-order chi connectivity index (χ0) is 16.2. The van der Waals surface area contributed by atoms with Crippen molar-refractivity contribution in [1.82, 2.24) is 10.3 Å². The van der Waals surface area contributed by atoms with Gasteiger partial charge in [-0.3, -0.25) is 15.1 Å². The first-order chi connectivity index (χ1) is 9.72. The Morgan fingerprint density at radius 3 is 2.43 bits per heavy atom. The van der Waals surface area contributed by atoms with Crippen molar-refractivity contribution in [1.29, 1.82) is 0 Å². The van der Waals surface area contributed by atoms with Crippen molar-refractivity contribution < 1.29 is 14.3 Å². The third kappa shape index (κ3) is 4.17. The Bertz CT molecular complexity index is 507. The molecule has 0 unspecified atom stereocenters. The van der Waals surface area contributed by atoms with Crippen LogP contribution >= 0.6 is 0 Å². The molecule has 0 spiro atoms. The van der Waals surface area contributed by atoms with E-state index in [-0.39, 0.29) is 11.4 Å². The number of hydrogen-bond acceptors (Lipinski definition) is 5. The standard InChI is InChI=1S/C16H26N2O3/c1-10-8-17-12(11(2)13(10)20-6)9-18-14(15(19)21-7)16(3,4)5/h8,14,18H,9H2,1-7H3/t14-/m1/s1. The normalized spacial score (nSPS) is 12.9. The number of pyridine rings is 1. The Morgan fingerprint density at radius 1 is 1.33 bits per heavy atom. The van der Waals surface area contributed by atoms with Gasteiger partial charge in [-0.1, -0.05) is 20.8 Å². The Labute approximate surface area is 127 Å². The van der Waals surface area contributed by atoms with Gasteiger partial charge in [0.15, 0.2) is 0 Å². The van der Waals surface area contributed by atoms with E-state index in [1.807, 2.05) is 34.6 Å². The molecule has 0 aliphatic rings. The average Bonchev–Trinajstić information content (AvgIpc) is 2.40. The van der Waals surface area contributed by atoms with Gasteiger partial charge in [0.25, 0.3) is 0 Å². The number of methoxy groups -OCH3 is 2. The number of aromatic nitrogens is 1. The molecule has 0 radical (unpaired) electrons. The van der Waals surface area contributed by atoms with E-state index in [4.69, 9.17) is 9.47 Å². The summed E-state index contributed by atoms with van der Waals surface area (Å²) in [7, 11) is 3.06. The van der Waals surface area contributed by atoms with E-state index in [0.717, 1.165) is 22.6 Å². The lowest BCUT2D eigenvalue weighted by Crippen LogP contribution is -2.46. The van der Waals surface area contributed by atoms with Gasteiger partial charge in [-0.15, -0.1) is 0 Å². The third-order valence-corrected chi connectivity index (χ3v) is 3.53. The number of aryl methyl sites for hydroxylation is 1. The molecule has 0 amide bonds. The van der Waals surface area contributed by atoms with Gasteiger partial charge in [0.1, 0.15) is 11.8 Å². The van der Waals surface area contributed by atoms with E-state index in [1.54, 1.807) is 13.3 Å². The molecule has 0 aliphatic carbocycles. The van der Waals surface area contributed by atoms with Crippen LogP contribution in [0.4, 0.5) is 0 Å². The minimum absolute atomic E-state index is 0.240. The van der Waals surface area contributed by atoms with Crippen LogP contribution < -0.4 is 10.1 Å². The first-order valence-corrected chi connectivity index (χ1v) is 7.02. The van der Waals surface area contributed by atoms with Crippen molar-refractivity contribution in [2.45, 2.75) is 47.2 Å². The predicted molar refractivity (Wildman–Crippen MR) is 82.4 cm³/mol. The van der Waals surface area contributed by atoms with E-state index in [9.17, 15) is 4.79 Å². The van der Waals surface area contributed by atoms with Crippen LogP contribution in [0.15, 0.2) is 6.20 Å². The summed E-state index contributed by atoms with van der Waals surface area (Å²) < 4.78 is 10.3. The number of rotatable bonds is 5. The molecule has 0 bridgehead atoms. The molecule has 1 rings (SSSR count). The summed E-state index contributed by atoms with van der Waals surface area (Å²) in [5, 5.41) is 3.25. The Balaban J connectivity index is 2.94. The molecule has 0 saturated carbocycles. The third-order valence-electron chi connectivity index (χ3n) is 3.53. The molecule has 118 valence electrons. The molecular formula is C16H26N2O3. The number of nitrogens with one attached hydrogen (secondary N) is 1. The molecule has 1 aromatic heterocycles. The lowest BCUT2D eigenvalue weighted by Gasteiger charge is -2.29. The lowest BCUT2D eigenvalue weighted by atomic mass is 9.86. The largest absolute Gasteiger partial charge is 0.496 e. The van der Waals surface area contributed by atoms with Crippen LogP contribution in [0.3, 0.4) is 0 Å². The molecule has 0 aromatic carbocycles. The van der Waals surface area contributed by atoms with Crippen molar-refractivity contribution in [3.8, 4) is 5.75 Å². The minimum atomic E-state index is -0.393. The summed E-state index contributed by atoms with van der Waals surface area (Å²) in [6, 6.07) is -0.393. The first-order valence-electron chi connectivity index (χ1n) is 7.02. The van der Waals surface area contributed by atoms with E-state index in [0.29, 0.717) is 6.54 Å². The van der Waals surface area contributed by atoms with Gasteiger partial charge in [0.2, 0.25) is 0 Å². The van der Waals surface area contributed by atoms with Gasteiger partial charge in [-0.25, -0.2) is 0 Å². The second kappa shape index (κ2) is 6.89. The summed E-state index contributed by atoms with van der Waals surface area (Å²) in [6.45, 7) is 10.4. The molecular weight excluding hydrogens is 268 g/mol. The summed E-state index contributed by atoms with van der Waals surface area (Å²) in [4.78, 5) is 16.3. The molecule has 1 atom stereocenters. The zero-order valence-electron chi connectivity index (χ0n) is 14.0. The molecule has 0 aliphatic heterocycles. The Kier molecular flexibility index (Phi) is 5.72. The number of carbonyl (C=O) groups excluding carboxylic acids is 1. The highest BCUT2D eigenvalue weighted by Crippen LogP contribution is 2.25. The summed E-state index contributed by atoms with van der Waals surface area (Å²) in [5.74, 6) is 0.575. The highest BCUT2D eigenvalue weighted by Gasteiger charge is 2.32. The Morgan fingerprint density at radius 2 is 1.95 bits per heavy atom. The highest BCUT2D eigenvalue weighted by molar-refractivity contribution is 5.76. The van der Waals surface area contributed by atoms with Crippen LogP contribution in [0.25, 0.3) is 0 Å². The maximum atomic E-state index is 11.9. The van der Waals surface area contributed by atoms with Crippen molar-refractivity contribution in [2.75, 3.05) is 14.2 Å². The first kappa shape index (κ1) is 17.4. The molecule has 1 heterocycles. The smallest absolute Gasteiger partial charge is 0.323 e. The van der Waals surface area contributed by atoms with E-state index in [1.165, 1.54) is 7.11 Å². The number of esters is 1. The summed E-state index contributed by atoms with van der Waals surface area (Å²) >= 11 is 0. The second-order valence-electron chi connectivity index (χ2n) is 6.25. The van der Waals surface area contributed by atoms with Gasteiger partial charge < -0.3 is 9.47 Å². The highest BCUT2D eigenvalue weighted by atomic mass is 16.5. The molecule has 1 N–H and O–H groups in total. The molecule has 0 saturated heterocycles. The number of carbonyl (C=O) groups is 1. The van der Waals surface area contributed by atoms with E-state index in [2.05, 4.69) is 10.3 Å². The fraction of sp³-hybridized carbons (Fsp3) is 0.625. The van der Waals surface area contributed by atoms with Crippen LogP contribution in [-0.2, 0) is 16.1 Å².